The van der Waals surface area contributed by atoms with Crippen LogP contribution in [-0.4, -0.2) is 6.04 Å². The van der Waals surface area contributed by atoms with Gasteiger partial charge in [-0.15, -0.1) is 0 Å². The minimum Gasteiger partial charge on any atom is -0.457 e. The Bertz CT molecular complexity index is 553. The van der Waals surface area contributed by atoms with E-state index in [2.05, 4.69) is 0 Å². The molecule has 0 saturated heterocycles. The molecule has 0 amide bonds. The molecule has 0 aromatic heterocycles. The quantitative estimate of drug-likeness (QED) is 0.889. The monoisotopic (exact) mass is 295 g/mol. The lowest BCUT2D eigenvalue weighted by Gasteiger charge is -2.09. The molecule has 2 rings (SSSR count). The average molecular weight is 296 g/mol. The van der Waals surface area contributed by atoms with Crippen LogP contribution in [0, 0.1) is 0 Å². The van der Waals surface area contributed by atoms with Gasteiger partial charge in [0, 0.05) is 12.1 Å². The Morgan fingerprint density at radius 2 is 1.63 bits per heavy atom. The Morgan fingerprint density at radius 1 is 1.00 bits per heavy atom. The molecular formula is C15H15Cl2NO. The van der Waals surface area contributed by atoms with Crippen molar-refractivity contribution in [3.63, 3.8) is 0 Å². The molecule has 2 nitrogen and oxygen atoms in total. The molecule has 100 valence electrons. The molecule has 0 heterocycles. The van der Waals surface area contributed by atoms with Crippen molar-refractivity contribution in [1.82, 2.24) is 0 Å². The van der Waals surface area contributed by atoms with Crippen LogP contribution in [0.4, 0.5) is 0 Å². The van der Waals surface area contributed by atoms with Crippen LogP contribution < -0.4 is 10.5 Å². The van der Waals surface area contributed by atoms with Crippen LogP contribution in [0.15, 0.2) is 42.5 Å². The van der Waals surface area contributed by atoms with Gasteiger partial charge in [0.2, 0.25) is 0 Å². The minimum atomic E-state index is 0.154. The first-order chi connectivity index (χ1) is 9.04. The van der Waals surface area contributed by atoms with E-state index in [1.54, 1.807) is 18.2 Å². The van der Waals surface area contributed by atoms with E-state index >= 15 is 0 Å². The third-order valence-electron chi connectivity index (χ3n) is 2.61. The van der Waals surface area contributed by atoms with Crippen LogP contribution in [0.1, 0.15) is 12.5 Å². The Kier molecular flexibility index (Phi) is 4.70. The first-order valence-electron chi connectivity index (χ1n) is 6.02. The van der Waals surface area contributed by atoms with Gasteiger partial charge in [0.25, 0.3) is 0 Å². The van der Waals surface area contributed by atoms with Gasteiger partial charge in [-0.1, -0.05) is 35.3 Å². The van der Waals surface area contributed by atoms with E-state index in [0.717, 1.165) is 12.2 Å². The maximum atomic E-state index is 5.94. The second kappa shape index (κ2) is 6.29. The highest BCUT2D eigenvalue weighted by Gasteiger charge is 2.03. The zero-order chi connectivity index (χ0) is 13.8. The minimum absolute atomic E-state index is 0.154. The molecule has 0 radical (unpaired) electrons. The van der Waals surface area contributed by atoms with Gasteiger partial charge in [0.15, 0.2) is 0 Å². The molecule has 1 atom stereocenters. The van der Waals surface area contributed by atoms with Crippen molar-refractivity contribution < 1.29 is 4.74 Å². The number of hydrogen-bond donors (Lipinski definition) is 1. The van der Waals surface area contributed by atoms with Gasteiger partial charge < -0.3 is 10.5 Å². The molecule has 0 aliphatic carbocycles. The van der Waals surface area contributed by atoms with Gasteiger partial charge in [-0.2, -0.15) is 0 Å². The number of rotatable bonds is 4. The molecule has 1 unspecified atom stereocenters. The molecule has 0 fully saturated rings. The fraction of sp³-hybridized carbons (Fsp3) is 0.200. The van der Waals surface area contributed by atoms with Crippen molar-refractivity contribution in [3.8, 4) is 11.5 Å². The lowest BCUT2D eigenvalue weighted by Crippen LogP contribution is -2.17. The maximum absolute atomic E-state index is 5.94. The second-order valence-electron chi connectivity index (χ2n) is 4.50. The molecule has 0 spiro atoms. The standard InChI is InChI=1S/C15H15Cl2NO/c1-10(18)8-11-2-4-12(5-3-11)19-13-6-7-14(16)15(17)9-13/h2-7,9-10H,8,18H2,1H3. The normalized spacial score (nSPS) is 12.2. The van der Waals surface area contributed by atoms with Gasteiger partial charge in [0.05, 0.1) is 10.0 Å². The van der Waals surface area contributed by atoms with Gasteiger partial charge in [-0.25, -0.2) is 0 Å². The predicted molar refractivity (Wildman–Crippen MR) is 80.3 cm³/mol. The molecule has 2 aromatic carbocycles. The van der Waals surface area contributed by atoms with E-state index in [1.165, 1.54) is 5.56 Å². The van der Waals surface area contributed by atoms with Crippen molar-refractivity contribution in [2.45, 2.75) is 19.4 Å². The maximum Gasteiger partial charge on any atom is 0.129 e. The molecule has 0 saturated carbocycles. The van der Waals surface area contributed by atoms with Crippen molar-refractivity contribution in [1.29, 1.82) is 0 Å². The number of benzene rings is 2. The lowest BCUT2D eigenvalue weighted by molar-refractivity contribution is 0.482. The first kappa shape index (κ1) is 14.2. The van der Waals surface area contributed by atoms with Gasteiger partial charge >= 0.3 is 0 Å². The average Bonchev–Trinajstić information content (AvgIpc) is 2.36. The number of hydrogen-bond acceptors (Lipinski definition) is 2. The van der Waals surface area contributed by atoms with Crippen LogP contribution in [-0.2, 0) is 6.42 Å². The largest absolute Gasteiger partial charge is 0.457 e. The predicted octanol–water partition coefficient (Wildman–Crippen LogP) is 4.68. The van der Waals surface area contributed by atoms with Crippen LogP contribution in [0.25, 0.3) is 0 Å². The molecule has 0 aliphatic heterocycles. The molecule has 2 N–H and O–H groups in total. The summed E-state index contributed by atoms with van der Waals surface area (Å²) < 4.78 is 5.70. The van der Waals surface area contributed by atoms with E-state index in [0.29, 0.717) is 15.8 Å². The summed E-state index contributed by atoms with van der Waals surface area (Å²) in [4.78, 5) is 0. The summed E-state index contributed by atoms with van der Waals surface area (Å²) in [6, 6.07) is 13.2. The summed E-state index contributed by atoms with van der Waals surface area (Å²) in [7, 11) is 0. The summed E-state index contributed by atoms with van der Waals surface area (Å²) in [5.74, 6) is 1.42. The van der Waals surface area contributed by atoms with E-state index in [-0.39, 0.29) is 6.04 Å². The third-order valence-corrected chi connectivity index (χ3v) is 3.35. The molecule has 2 aromatic rings. The number of ether oxygens (including phenoxy) is 1. The summed E-state index contributed by atoms with van der Waals surface area (Å²) in [6.07, 6.45) is 0.854. The Balaban J connectivity index is 2.08. The van der Waals surface area contributed by atoms with Gasteiger partial charge in [-0.05, 0) is 43.2 Å². The van der Waals surface area contributed by atoms with Gasteiger partial charge in [0.1, 0.15) is 11.5 Å². The van der Waals surface area contributed by atoms with Crippen molar-refractivity contribution in [2.24, 2.45) is 5.73 Å². The van der Waals surface area contributed by atoms with Crippen molar-refractivity contribution >= 4 is 23.2 Å². The highest BCUT2D eigenvalue weighted by Crippen LogP contribution is 2.29. The topological polar surface area (TPSA) is 35.2 Å². The molecular weight excluding hydrogens is 281 g/mol. The fourth-order valence-corrected chi connectivity index (χ4v) is 2.03. The number of nitrogens with two attached hydrogens (primary N) is 1. The Hall–Kier alpha value is -1.22. The molecule has 0 bridgehead atoms. The molecule has 0 aliphatic rings. The third kappa shape index (κ3) is 4.13. The highest BCUT2D eigenvalue weighted by atomic mass is 35.5. The van der Waals surface area contributed by atoms with E-state index in [1.807, 2.05) is 31.2 Å². The van der Waals surface area contributed by atoms with Crippen LogP contribution in [0.5, 0.6) is 11.5 Å². The van der Waals surface area contributed by atoms with E-state index in [9.17, 15) is 0 Å². The second-order valence-corrected chi connectivity index (χ2v) is 5.32. The lowest BCUT2D eigenvalue weighted by atomic mass is 10.1. The smallest absolute Gasteiger partial charge is 0.129 e. The Morgan fingerprint density at radius 3 is 2.21 bits per heavy atom. The summed E-state index contributed by atoms with van der Waals surface area (Å²) >= 11 is 11.8. The van der Waals surface area contributed by atoms with Crippen LogP contribution in [0.2, 0.25) is 10.0 Å². The van der Waals surface area contributed by atoms with Crippen molar-refractivity contribution in [2.75, 3.05) is 0 Å². The first-order valence-corrected chi connectivity index (χ1v) is 6.77. The highest BCUT2D eigenvalue weighted by molar-refractivity contribution is 6.42. The summed E-state index contributed by atoms with van der Waals surface area (Å²) in [5.41, 5.74) is 6.95. The number of halogens is 2. The summed E-state index contributed by atoms with van der Waals surface area (Å²) in [6.45, 7) is 1.99. The van der Waals surface area contributed by atoms with E-state index in [4.69, 9.17) is 33.7 Å². The van der Waals surface area contributed by atoms with E-state index < -0.39 is 0 Å². The van der Waals surface area contributed by atoms with Crippen LogP contribution in [0.3, 0.4) is 0 Å². The zero-order valence-electron chi connectivity index (χ0n) is 10.6. The Labute approximate surface area is 123 Å². The zero-order valence-corrected chi connectivity index (χ0v) is 12.1. The fourth-order valence-electron chi connectivity index (χ4n) is 1.74. The van der Waals surface area contributed by atoms with Gasteiger partial charge in [-0.3, -0.25) is 0 Å². The van der Waals surface area contributed by atoms with Crippen LogP contribution >= 0.6 is 23.2 Å². The van der Waals surface area contributed by atoms with Crippen molar-refractivity contribution in [3.05, 3.63) is 58.1 Å². The SMILES string of the molecule is CC(N)Cc1ccc(Oc2ccc(Cl)c(Cl)c2)cc1. The molecule has 4 heteroatoms. The molecule has 19 heavy (non-hydrogen) atoms. The summed E-state index contributed by atoms with van der Waals surface area (Å²) in [5, 5.41) is 0.994.